The van der Waals surface area contributed by atoms with Crippen molar-refractivity contribution in [1.82, 2.24) is 10.3 Å². The Balaban J connectivity index is 2.81. The summed E-state index contributed by atoms with van der Waals surface area (Å²) in [5, 5.41) is 19.9. The maximum atomic E-state index is 11.7. The average Bonchev–Trinajstić information content (AvgIpc) is 2.35. The van der Waals surface area contributed by atoms with Crippen LogP contribution in [0.2, 0.25) is 0 Å². The Bertz CT molecular complexity index is 488. The number of carboxylic acids is 1. The Labute approximate surface area is 104 Å². The van der Waals surface area contributed by atoms with Gasteiger partial charge in [0.25, 0.3) is 5.91 Å². The molecule has 0 aromatic carbocycles. The lowest BCUT2D eigenvalue weighted by Crippen LogP contribution is -2.44. The van der Waals surface area contributed by atoms with Crippen LogP contribution in [0, 0.1) is 17.2 Å². The summed E-state index contributed by atoms with van der Waals surface area (Å²) in [6, 6.07) is 3.75. The van der Waals surface area contributed by atoms with Crippen molar-refractivity contribution in [2.75, 3.05) is 0 Å². The third kappa shape index (κ3) is 3.28. The van der Waals surface area contributed by atoms with E-state index in [9.17, 15) is 9.59 Å². The number of nitrogens with one attached hydrogen (secondary N) is 1. The van der Waals surface area contributed by atoms with Gasteiger partial charge in [0.1, 0.15) is 17.8 Å². The van der Waals surface area contributed by atoms with Crippen molar-refractivity contribution in [1.29, 1.82) is 5.26 Å². The smallest absolute Gasteiger partial charge is 0.326 e. The van der Waals surface area contributed by atoms with Gasteiger partial charge in [-0.05, 0) is 18.1 Å². The van der Waals surface area contributed by atoms with Gasteiger partial charge in [0.15, 0.2) is 0 Å². The molecule has 6 nitrogen and oxygen atoms in total. The lowest BCUT2D eigenvalue weighted by molar-refractivity contribution is -0.140. The summed E-state index contributed by atoms with van der Waals surface area (Å²) in [5.74, 6) is -1.89. The van der Waals surface area contributed by atoms with Crippen LogP contribution in [-0.4, -0.2) is 28.0 Å². The van der Waals surface area contributed by atoms with Crippen molar-refractivity contribution in [2.24, 2.45) is 5.92 Å². The molecule has 18 heavy (non-hydrogen) atoms. The molecule has 0 unspecified atom stereocenters. The molecule has 0 radical (unpaired) electrons. The van der Waals surface area contributed by atoms with E-state index < -0.39 is 17.9 Å². The molecule has 0 saturated carbocycles. The highest BCUT2D eigenvalue weighted by Crippen LogP contribution is 2.04. The molecule has 0 aliphatic heterocycles. The molecule has 0 fully saturated rings. The molecule has 1 rings (SSSR count). The first-order valence-electron chi connectivity index (χ1n) is 5.35. The zero-order chi connectivity index (χ0) is 13.7. The standard InChI is InChI=1S/C12H13N3O3/c1-7(2)10(12(17)18)15-11(16)9-4-3-8(5-13)6-14-9/h3-4,6-7,10H,1-2H3,(H,15,16)(H,17,18)/t10-/m1/s1. The largest absolute Gasteiger partial charge is 0.480 e. The molecule has 1 aromatic heterocycles. The highest BCUT2D eigenvalue weighted by molar-refractivity contribution is 5.95. The summed E-state index contributed by atoms with van der Waals surface area (Å²) in [6.07, 6.45) is 1.26. The average molecular weight is 247 g/mol. The molecule has 0 aliphatic carbocycles. The van der Waals surface area contributed by atoms with Crippen molar-refractivity contribution in [3.05, 3.63) is 29.6 Å². The van der Waals surface area contributed by atoms with E-state index in [1.54, 1.807) is 13.8 Å². The van der Waals surface area contributed by atoms with Crippen LogP contribution in [0.5, 0.6) is 0 Å². The maximum Gasteiger partial charge on any atom is 0.326 e. The van der Waals surface area contributed by atoms with Gasteiger partial charge in [0, 0.05) is 6.20 Å². The van der Waals surface area contributed by atoms with E-state index in [1.807, 2.05) is 6.07 Å². The number of carboxylic acid groups (broad SMARTS) is 1. The van der Waals surface area contributed by atoms with Crippen molar-refractivity contribution in [3.63, 3.8) is 0 Å². The van der Waals surface area contributed by atoms with Gasteiger partial charge in [-0.2, -0.15) is 5.26 Å². The predicted molar refractivity (Wildman–Crippen MR) is 62.7 cm³/mol. The van der Waals surface area contributed by atoms with Gasteiger partial charge in [-0.25, -0.2) is 9.78 Å². The van der Waals surface area contributed by atoms with E-state index >= 15 is 0 Å². The van der Waals surface area contributed by atoms with E-state index in [0.29, 0.717) is 5.56 Å². The summed E-state index contributed by atoms with van der Waals surface area (Å²) < 4.78 is 0. The van der Waals surface area contributed by atoms with Gasteiger partial charge in [0.05, 0.1) is 5.56 Å². The van der Waals surface area contributed by atoms with Gasteiger partial charge in [-0.3, -0.25) is 4.79 Å². The molecule has 0 bridgehead atoms. The number of hydrogen-bond donors (Lipinski definition) is 2. The fraction of sp³-hybridized carbons (Fsp3) is 0.333. The quantitative estimate of drug-likeness (QED) is 0.818. The van der Waals surface area contributed by atoms with Gasteiger partial charge < -0.3 is 10.4 Å². The SMILES string of the molecule is CC(C)[C@@H](NC(=O)c1ccc(C#N)cn1)C(=O)O. The number of rotatable bonds is 4. The van der Waals surface area contributed by atoms with Crippen LogP contribution >= 0.6 is 0 Å². The van der Waals surface area contributed by atoms with E-state index in [-0.39, 0.29) is 11.6 Å². The summed E-state index contributed by atoms with van der Waals surface area (Å²) in [6.45, 7) is 3.40. The van der Waals surface area contributed by atoms with Crippen LogP contribution in [0.1, 0.15) is 29.9 Å². The first-order chi connectivity index (χ1) is 8.45. The van der Waals surface area contributed by atoms with E-state index in [1.165, 1.54) is 18.3 Å². The lowest BCUT2D eigenvalue weighted by Gasteiger charge is -2.17. The van der Waals surface area contributed by atoms with Gasteiger partial charge in [0.2, 0.25) is 0 Å². The predicted octanol–water partition coefficient (Wildman–Crippen LogP) is 0.792. The van der Waals surface area contributed by atoms with E-state index in [4.69, 9.17) is 10.4 Å². The van der Waals surface area contributed by atoms with Crippen LogP contribution in [0.4, 0.5) is 0 Å². The topological polar surface area (TPSA) is 103 Å². The number of aromatic nitrogens is 1. The zero-order valence-electron chi connectivity index (χ0n) is 10.0. The first kappa shape index (κ1) is 13.6. The van der Waals surface area contributed by atoms with Gasteiger partial charge in [-0.15, -0.1) is 0 Å². The molecule has 1 aromatic rings. The Morgan fingerprint density at radius 3 is 2.50 bits per heavy atom. The number of nitrogens with zero attached hydrogens (tertiary/aromatic N) is 2. The summed E-state index contributed by atoms with van der Waals surface area (Å²) in [7, 11) is 0. The number of nitriles is 1. The third-order valence-corrected chi connectivity index (χ3v) is 2.34. The summed E-state index contributed by atoms with van der Waals surface area (Å²) in [5.41, 5.74) is 0.422. The Morgan fingerprint density at radius 1 is 1.44 bits per heavy atom. The molecular weight excluding hydrogens is 234 g/mol. The zero-order valence-corrected chi connectivity index (χ0v) is 10.0. The Morgan fingerprint density at radius 2 is 2.11 bits per heavy atom. The summed E-state index contributed by atoms with van der Waals surface area (Å²) in [4.78, 5) is 26.5. The second-order valence-electron chi connectivity index (χ2n) is 4.08. The second kappa shape index (κ2) is 5.77. The van der Waals surface area contributed by atoms with Crippen LogP contribution in [0.3, 0.4) is 0 Å². The molecule has 0 aliphatic rings. The monoisotopic (exact) mass is 247 g/mol. The highest BCUT2D eigenvalue weighted by atomic mass is 16.4. The molecule has 94 valence electrons. The Kier molecular flexibility index (Phi) is 4.38. The first-order valence-corrected chi connectivity index (χ1v) is 5.35. The maximum absolute atomic E-state index is 11.7. The fourth-order valence-corrected chi connectivity index (χ4v) is 1.32. The number of pyridine rings is 1. The van der Waals surface area contributed by atoms with Crippen LogP contribution in [-0.2, 0) is 4.79 Å². The van der Waals surface area contributed by atoms with Crippen LogP contribution < -0.4 is 5.32 Å². The normalized spacial score (nSPS) is 11.7. The van der Waals surface area contributed by atoms with E-state index in [0.717, 1.165) is 0 Å². The fourth-order valence-electron chi connectivity index (χ4n) is 1.32. The highest BCUT2D eigenvalue weighted by Gasteiger charge is 2.24. The minimum atomic E-state index is -1.09. The van der Waals surface area contributed by atoms with Gasteiger partial charge >= 0.3 is 5.97 Å². The molecule has 6 heteroatoms. The summed E-state index contributed by atoms with van der Waals surface area (Å²) >= 11 is 0. The molecule has 1 heterocycles. The van der Waals surface area contributed by atoms with Crippen molar-refractivity contribution in [2.45, 2.75) is 19.9 Å². The molecule has 0 saturated heterocycles. The molecular formula is C12H13N3O3. The minimum absolute atomic E-state index is 0.0842. The minimum Gasteiger partial charge on any atom is -0.480 e. The van der Waals surface area contributed by atoms with Crippen LogP contribution in [0.15, 0.2) is 18.3 Å². The number of carbonyl (C=O) groups is 2. The van der Waals surface area contributed by atoms with Crippen LogP contribution in [0.25, 0.3) is 0 Å². The van der Waals surface area contributed by atoms with Crippen molar-refractivity contribution < 1.29 is 14.7 Å². The van der Waals surface area contributed by atoms with Gasteiger partial charge in [-0.1, -0.05) is 13.8 Å². The van der Waals surface area contributed by atoms with Crippen molar-refractivity contribution in [3.8, 4) is 6.07 Å². The lowest BCUT2D eigenvalue weighted by atomic mass is 10.0. The third-order valence-electron chi connectivity index (χ3n) is 2.34. The number of carbonyl (C=O) groups excluding carboxylic acids is 1. The molecule has 2 N–H and O–H groups in total. The number of hydrogen-bond acceptors (Lipinski definition) is 4. The molecule has 1 atom stereocenters. The Hall–Kier alpha value is -2.42. The van der Waals surface area contributed by atoms with Crippen molar-refractivity contribution >= 4 is 11.9 Å². The van der Waals surface area contributed by atoms with E-state index in [2.05, 4.69) is 10.3 Å². The molecule has 1 amide bonds. The number of amides is 1. The number of aliphatic carboxylic acids is 1. The molecule has 0 spiro atoms. The second-order valence-corrected chi connectivity index (χ2v) is 4.08.